The molecule has 27 heavy (non-hydrogen) atoms. The Kier molecular flexibility index (Phi) is 5.98. The summed E-state index contributed by atoms with van der Waals surface area (Å²) in [4.78, 5) is 40.3. The molecular formula is C19H23BrN2O5. The number of piperidine rings is 1. The zero-order chi connectivity index (χ0) is 19.6. The van der Waals surface area contributed by atoms with Crippen LogP contribution in [0.3, 0.4) is 0 Å². The number of carbonyl (C=O) groups excluding carboxylic acids is 3. The molecule has 0 bridgehead atoms. The fourth-order valence-electron chi connectivity index (χ4n) is 3.60. The highest BCUT2D eigenvalue weighted by molar-refractivity contribution is 9.10. The van der Waals surface area contributed by atoms with E-state index >= 15 is 0 Å². The SMILES string of the molecule is COC1(OC)CCN(C(=O)CCCN2C(=O)c3ccc(Br)cc3C2=O)CC1. The van der Waals surface area contributed by atoms with Gasteiger partial charge in [0.2, 0.25) is 5.91 Å². The van der Waals surface area contributed by atoms with Crippen molar-refractivity contribution < 1.29 is 23.9 Å². The van der Waals surface area contributed by atoms with Crippen LogP contribution in [0.15, 0.2) is 22.7 Å². The number of carbonyl (C=O) groups is 3. The number of imide groups is 1. The first-order valence-corrected chi connectivity index (χ1v) is 9.74. The molecule has 2 aliphatic heterocycles. The topological polar surface area (TPSA) is 76.2 Å². The van der Waals surface area contributed by atoms with Crippen molar-refractivity contribution in [1.82, 2.24) is 9.80 Å². The number of benzene rings is 1. The van der Waals surface area contributed by atoms with Crippen LogP contribution in [0.1, 0.15) is 46.4 Å². The summed E-state index contributed by atoms with van der Waals surface area (Å²) in [5, 5.41) is 0. The van der Waals surface area contributed by atoms with E-state index in [1.54, 1.807) is 37.3 Å². The number of rotatable bonds is 6. The van der Waals surface area contributed by atoms with Gasteiger partial charge in [-0.2, -0.15) is 0 Å². The lowest BCUT2D eigenvalue weighted by Gasteiger charge is -2.39. The Morgan fingerprint density at radius 3 is 2.37 bits per heavy atom. The van der Waals surface area contributed by atoms with Gasteiger partial charge in [0.15, 0.2) is 5.79 Å². The van der Waals surface area contributed by atoms with E-state index in [9.17, 15) is 14.4 Å². The number of halogens is 1. The van der Waals surface area contributed by atoms with E-state index in [0.29, 0.717) is 49.9 Å². The van der Waals surface area contributed by atoms with Crippen molar-refractivity contribution in [1.29, 1.82) is 0 Å². The summed E-state index contributed by atoms with van der Waals surface area (Å²) in [6, 6.07) is 5.05. The van der Waals surface area contributed by atoms with E-state index in [-0.39, 0.29) is 24.3 Å². The van der Waals surface area contributed by atoms with Crippen molar-refractivity contribution in [3.8, 4) is 0 Å². The predicted molar refractivity (Wildman–Crippen MR) is 101 cm³/mol. The molecule has 3 rings (SSSR count). The molecule has 1 aromatic rings. The lowest BCUT2D eigenvalue weighted by molar-refractivity contribution is -0.228. The van der Waals surface area contributed by atoms with Gasteiger partial charge in [-0.1, -0.05) is 15.9 Å². The Bertz CT molecular complexity index is 752. The zero-order valence-electron chi connectivity index (χ0n) is 15.5. The molecule has 0 aliphatic carbocycles. The van der Waals surface area contributed by atoms with Crippen LogP contribution in [0, 0.1) is 0 Å². The van der Waals surface area contributed by atoms with Crippen LogP contribution in [0.5, 0.6) is 0 Å². The van der Waals surface area contributed by atoms with E-state index < -0.39 is 5.79 Å². The molecule has 0 saturated carbocycles. The maximum absolute atomic E-state index is 12.4. The fraction of sp³-hybridized carbons (Fsp3) is 0.526. The molecule has 0 radical (unpaired) electrons. The zero-order valence-corrected chi connectivity index (χ0v) is 17.1. The van der Waals surface area contributed by atoms with Gasteiger partial charge in [-0.05, 0) is 24.6 Å². The first kappa shape index (κ1) is 20.0. The molecule has 0 N–H and O–H groups in total. The number of fused-ring (bicyclic) bond motifs is 1. The van der Waals surface area contributed by atoms with Gasteiger partial charge in [-0.25, -0.2) is 0 Å². The highest BCUT2D eigenvalue weighted by Gasteiger charge is 2.37. The van der Waals surface area contributed by atoms with Crippen molar-refractivity contribution in [2.24, 2.45) is 0 Å². The van der Waals surface area contributed by atoms with Gasteiger partial charge in [-0.3, -0.25) is 19.3 Å². The summed E-state index contributed by atoms with van der Waals surface area (Å²) in [5.74, 6) is -1.18. The number of hydrogen-bond acceptors (Lipinski definition) is 5. The van der Waals surface area contributed by atoms with Crippen LogP contribution >= 0.6 is 15.9 Å². The Hall–Kier alpha value is -1.77. The standard InChI is InChI=1S/C19H23BrN2O5/c1-26-19(27-2)7-10-21(11-8-19)16(23)4-3-9-22-17(24)14-6-5-13(20)12-15(14)18(22)25/h5-6,12H,3-4,7-11H2,1-2H3. The Morgan fingerprint density at radius 2 is 1.74 bits per heavy atom. The highest BCUT2D eigenvalue weighted by atomic mass is 79.9. The predicted octanol–water partition coefficient (Wildman–Crippen LogP) is 2.44. The van der Waals surface area contributed by atoms with E-state index in [1.807, 2.05) is 0 Å². The summed E-state index contributed by atoms with van der Waals surface area (Å²) < 4.78 is 11.6. The molecule has 8 heteroatoms. The maximum Gasteiger partial charge on any atom is 0.261 e. The Morgan fingerprint density at radius 1 is 1.11 bits per heavy atom. The first-order valence-electron chi connectivity index (χ1n) is 8.94. The molecule has 0 spiro atoms. The van der Waals surface area contributed by atoms with Gasteiger partial charge in [0.05, 0.1) is 11.1 Å². The third kappa shape index (κ3) is 3.93. The van der Waals surface area contributed by atoms with Crippen LogP contribution < -0.4 is 0 Å². The lowest BCUT2D eigenvalue weighted by Crippen LogP contribution is -2.48. The second kappa shape index (κ2) is 8.08. The number of likely N-dealkylation sites (tertiary alicyclic amines) is 1. The maximum atomic E-state index is 12.4. The number of ether oxygens (including phenoxy) is 2. The van der Waals surface area contributed by atoms with Gasteiger partial charge in [0.25, 0.3) is 11.8 Å². The quantitative estimate of drug-likeness (QED) is 0.503. The summed E-state index contributed by atoms with van der Waals surface area (Å²) in [7, 11) is 3.23. The number of hydrogen-bond donors (Lipinski definition) is 0. The van der Waals surface area contributed by atoms with Gasteiger partial charge in [0.1, 0.15) is 0 Å². The average Bonchev–Trinajstić information content (AvgIpc) is 2.92. The Labute approximate surface area is 166 Å². The molecule has 1 saturated heterocycles. The highest BCUT2D eigenvalue weighted by Crippen LogP contribution is 2.28. The van der Waals surface area contributed by atoms with E-state index in [1.165, 1.54) is 4.90 Å². The molecular weight excluding hydrogens is 416 g/mol. The summed E-state index contributed by atoms with van der Waals surface area (Å²) in [5.41, 5.74) is 0.827. The molecule has 0 aromatic heterocycles. The number of amides is 3. The second-order valence-electron chi connectivity index (χ2n) is 6.76. The third-order valence-electron chi connectivity index (χ3n) is 5.33. The molecule has 1 fully saturated rings. The summed E-state index contributed by atoms with van der Waals surface area (Å²) in [6.45, 7) is 1.38. The van der Waals surface area contributed by atoms with Crippen LogP contribution in [0.4, 0.5) is 0 Å². The average molecular weight is 439 g/mol. The second-order valence-corrected chi connectivity index (χ2v) is 7.67. The number of methoxy groups -OCH3 is 2. The van der Waals surface area contributed by atoms with Crippen molar-refractivity contribution >= 4 is 33.7 Å². The number of nitrogens with zero attached hydrogens (tertiary/aromatic N) is 2. The summed E-state index contributed by atoms with van der Waals surface area (Å²) >= 11 is 3.32. The monoisotopic (exact) mass is 438 g/mol. The van der Waals surface area contributed by atoms with Crippen molar-refractivity contribution in [3.05, 3.63) is 33.8 Å². The van der Waals surface area contributed by atoms with E-state index in [0.717, 1.165) is 4.47 Å². The van der Waals surface area contributed by atoms with Crippen LogP contribution in [-0.4, -0.2) is 67.2 Å². The molecule has 2 heterocycles. The van der Waals surface area contributed by atoms with Gasteiger partial charge in [-0.15, -0.1) is 0 Å². The van der Waals surface area contributed by atoms with Gasteiger partial charge >= 0.3 is 0 Å². The van der Waals surface area contributed by atoms with Crippen LogP contribution in [0.2, 0.25) is 0 Å². The molecule has 2 aliphatic rings. The molecule has 146 valence electrons. The normalized spacial score (nSPS) is 18.8. The van der Waals surface area contributed by atoms with E-state index in [4.69, 9.17) is 9.47 Å². The smallest absolute Gasteiger partial charge is 0.261 e. The fourth-order valence-corrected chi connectivity index (χ4v) is 3.96. The van der Waals surface area contributed by atoms with Crippen LogP contribution in [0.25, 0.3) is 0 Å². The molecule has 0 atom stereocenters. The van der Waals surface area contributed by atoms with Crippen molar-refractivity contribution in [3.63, 3.8) is 0 Å². The van der Waals surface area contributed by atoms with Crippen molar-refractivity contribution in [2.45, 2.75) is 31.5 Å². The lowest BCUT2D eigenvalue weighted by atomic mass is 10.0. The largest absolute Gasteiger partial charge is 0.353 e. The van der Waals surface area contributed by atoms with Gasteiger partial charge < -0.3 is 14.4 Å². The van der Waals surface area contributed by atoms with Gasteiger partial charge in [0, 0.05) is 57.6 Å². The van der Waals surface area contributed by atoms with Crippen molar-refractivity contribution in [2.75, 3.05) is 33.9 Å². The summed E-state index contributed by atoms with van der Waals surface area (Å²) in [6.07, 6.45) is 1.99. The van der Waals surface area contributed by atoms with E-state index in [2.05, 4.69) is 15.9 Å². The Balaban J connectivity index is 1.50. The molecule has 0 unspecified atom stereocenters. The first-order chi connectivity index (χ1) is 12.9. The van der Waals surface area contributed by atoms with Crippen LogP contribution in [-0.2, 0) is 14.3 Å². The molecule has 7 nitrogen and oxygen atoms in total. The minimum absolute atomic E-state index is 0.0233. The minimum atomic E-state index is -0.606. The third-order valence-corrected chi connectivity index (χ3v) is 5.82. The molecule has 1 aromatic carbocycles. The molecule has 3 amide bonds. The minimum Gasteiger partial charge on any atom is -0.353 e.